The topological polar surface area (TPSA) is 63.1 Å². The van der Waals surface area contributed by atoms with E-state index in [0.717, 1.165) is 56.3 Å². The SMILES string of the molecule is O=C(NC1CCC(N2CCC(F)(F)C2)CC1)c1nc(-n2ccnc2)cc2c1CCC2. The summed E-state index contributed by atoms with van der Waals surface area (Å²) in [6.45, 7) is 0.359. The standard InChI is InChI=1S/C22H27F2N5O/c23-22(24)8-10-28(13-22)17-6-4-16(5-7-17)26-21(30)20-18-3-1-2-15(18)12-19(27-20)29-11-9-25-14-29/h9,11-12,14,16-17H,1-8,10,13H2,(H,26,30). The van der Waals surface area contributed by atoms with Crippen LogP contribution in [0.2, 0.25) is 0 Å². The van der Waals surface area contributed by atoms with Crippen LogP contribution in [0, 0.1) is 0 Å². The molecule has 160 valence electrons. The third-order valence-corrected chi connectivity index (χ3v) is 6.81. The summed E-state index contributed by atoms with van der Waals surface area (Å²) in [5.41, 5.74) is 2.77. The van der Waals surface area contributed by atoms with Gasteiger partial charge in [-0.15, -0.1) is 0 Å². The number of rotatable bonds is 4. The van der Waals surface area contributed by atoms with E-state index in [-0.39, 0.29) is 31.0 Å². The van der Waals surface area contributed by atoms with E-state index in [4.69, 9.17) is 0 Å². The highest BCUT2D eigenvalue weighted by atomic mass is 19.3. The fraction of sp³-hybridized carbons (Fsp3) is 0.591. The number of pyridine rings is 1. The molecule has 1 saturated heterocycles. The van der Waals surface area contributed by atoms with Crippen LogP contribution >= 0.6 is 0 Å². The number of halogens is 2. The fourth-order valence-corrected chi connectivity index (χ4v) is 5.19. The Bertz CT molecular complexity index is 922. The second kappa shape index (κ2) is 7.72. The number of amides is 1. The Morgan fingerprint density at radius 2 is 2.03 bits per heavy atom. The first-order chi connectivity index (χ1) is 14.5. The van der Waals surface area contributed by atoms with Crippen LogP contribution in [0.4, 0.5) is 8.78 Å². The Balaban J connectivity index is 1.25. The maximum absolute atomic E-state index is 13.5. The summed E-state index contributed by atoms with van der Waals surface area (Å²) < 4.78 is 28.9. The van der Waals surface area contributed by atoms with Crippen LogP contribution in [0.5, 0.6) is 0 Å². The van der Waals surface area contributed by atoms with Gasteiger partial charge >= 0.3 is 0 Å². The van der Waals surface area contributed by atoms with Gasteiger partial charge in [0.1, 0.15) is 17.8 Å². The highest BCUT2D eigenvalue weighted by molar-refractivity contribution is 5.94. The molecule has 0 spiro atoms. The number of hydrogen-bond donors (Lipinski definition) is 1. The highest BCUT2D eigenvalue weighted by Crippen LogP contribution is 2.33. The molecule has 30 heavy (non-hydrogen) atoms. The minimum Gasteiger partial charge on any atom is -0.348 e. The van der Waals surface area contributed by atoms with Crippen LogP contribution in [0.3, 0.4) is 0 Å². The molecule has 3 heterocycles. The molecule has 1 aliphatic heterocycles. The number of alkyl halides is 2. The molecule has 0 aromatic carbocycles. The molecule has 8 heteroatoms. The van der Waals surface area contributed by atoms with Crippen LogP contribution in [0.25, 0.3) is 5.82 Å². The summed E-state index contributed by atoms with van der Waals surface area (Å²) in [5.74, 6) is -1.94. The lowest BCUT2D eigenvalue weighted by Gasteiger charge is -2.34. The van der Waals surface area contributed by atoms with Gasteiger partial charge in [-0.3, -0.25) is 14.3 Å². The molecule has 6 nitrogen and oxygen atoms in total. The van der Waals surface area contributed by atoms with Gasteiger partial charge in [0, 0.05) is 37.4 Å². The second-order valence-corrected chi connectivity index (χ2v) is 8.85. The smallest absolute Gasteiger partial charge is 0.270 e. The molecule has 0 atom stereocenters. The number of nitrogens with zero attached hydrogens (tertiary/aromatic N) is 4. The van der Waals surface area contributed by atoms with Gasteiger partial charge in [0.05, 0.1) is 6.54 Å². The Hall–Kier alpha value is -2.35. The van der Waals surface area contributed by atoms with Gasteiger partial charge in [0.15, 0.2) is 0 Å². The first-order valence-corrected chi connectivity index (χ1v) is 10.9. The molecular weight excluding hydrogens is 388 g/mol. The van der Waals surface area contributed by atoms with Crippen molar-refractivity contribution >= 4 is 5.91 Å². The molecule has 0 unspecified atom stereocenters. The number of fused-ring (bicyclic) bond motifs is 1. The third-order valence-electron chi connectivity index (χ3n) is 6.81. The van der Waals surface area contributed by atoms with Crippen LogP contribution in [0.1, 0.15) is 60.1 Å². The lowest BCUT2D eigenvalue weighted by molar-refractivity contribution is 0.00504. The van der Waals surface area contributed by atoms with E-state index in [0.29, 0.717) is 12.2 Å². The summed E-state index contributed by atoms with van der Waals surface area (Å²) in [7, 11) is 0. The van der Waals surface area contributed by atoms with Crippen molar-refractivity contribution in [3.8, 4) is 5.82 Å². The number of aryl methyl sites for hydroxylation is 1. The summed E-state index contributed by atoms with van der Waals surface area (Å²) in [4.78, 5) is 23.8. The number of aromatic nitrogens is 3. The number of carbonyl (C=O) groups excluding carboxylic acids is 1. The van der Waals surface area contributed by atoms with Crippen LogP contribution < -0.4 is 5.32 Å². The van der Waals surface area contributed by atoms with Gasteiger partial charge in [0.2, 0.25) is 0 Å². The van der Waals surface area contributed by atoms with Crippen molar-refractivity contribution < 1.29 is 13.6 Å². The van der Waals surface area contributed by atoms with Crippen molar-refractivity contribution in [2.24, 2.45) is 0 Å². The summed E-state index contributed by atoms with van der Waals surface area (Å²) in [5, 5.41) is 3.17. The van der Waals surface area contributed by atoms with Gasteiger partial charge < -0.3 is 5.32 Å². The van der Waals surface area contributed by atoms with Gasteiger partial charge in [-0.2, -0.15) is 0 Å². The monoisotopic (exact) mass is 415 g/mol. The fourth-order valence-electron chi connectivity index (χ4n) is 5.19. The zero-order valence-electron chi connectivity index (χ0n) is 17.0. The molecule has 2 fully saturated rings. The molecule has 0 radical (unpaired) electrons. The lowest BCUT2D eigenvalue weighted by Crippen LogP contribution is -2.44. The van der Waals surface area contributed by atoms with Crippen molar-refractivity contribution in [2.75, 3.05) is 13.1 Å². The van der Waals surface area contributed by atoms with Crippen LogP contribution in [0.15, 0.2) is 24.8 Å². The van der Waals surface area contributed by atoms with Crippen molar-refractivity contribution in [3.05, 3.63) is 41.6 Å². The van der Waals surface area contributed by atoms with E-state index < -0.39 is 5.92 Å². The van der Waals surface area contributed by atoms with Gasteiger partial charge in [-0.1, -0.05) is 0 Å². The Morgan fingerprint density at radius 1 is 1.20 bits per heavy atom. The molecule has 1 saturated carbocycles. The van der Waals surface area contributed by atoms with E-state index in [2.05, 4.69) is 21.4 Å². The molecule has 2 aromatic heterocycles. The zero-order chi connectivity index (χ0) is 20.7. The number of imidazole rings is 1. The van der Waals surface area contributed by atoms with Crippen molar-refractivity contribution in [3.63, 3.8) is 0 Å². The van der Waals surface area contributed by atoms with E-state index in [1.54, 1.807) is 12.5 Å². The van der Waals surface area contributed by atoms with Gasteiger partial charge in [0.25, 0.3) is 11.8 Å². The predicted octanol–water partition coefficient (Wildman–Crippen LogP) is 3.14. The Labute approximate surface area is 174 Å². The van der Waals surface area contributed by atoms with Gasteiger partial charge in [-0.05, 0) is 62.1 Å². The Morgan fingerprint density at radius 3 is 2.73 bits per heavy atom. The maximum atomic E-state index is 13.5. The second-order valence-electron chi connectivity index (χ2n) is 8.85. The van der Waals surface area contributed by atoms with Gasteiger partial charge in [-0.25, -0.2) is 18.7 Å². The van der Waals surface area contributed by atoms with E-state index in [9.17, 15) is 13.6 Å². The minimum absolute atomic E-state index is 0.0340. The molecule has 3 aliphatic rings. The molecule has 2 aliphatic carbocycles. The number of likely N-dealkylation sites (tertiary alicyclic amines) is 1. The van der Waals surface area contributed by atoms with E-state index in [1.807, 2.05) is 15.7 Å². The van der Waals surface area contributed by atoms with Crippen molar-refractivity contribution in [1.29, 1.82) is 0 Å². The van der Waals surface area contributed by atoms with Crippen molar-refractivity contribution in [1.82, 2.24) is 24.8 Å². The summed E-state index contributed by atoms with van der Waals surface area (Å²) in [6.07, 6.45) is 11.4. The quantitative estimate of drug-likeness (QED) is 0.833. The first-order valence-electron chi connectivity index (χ1n) is 10.9. The number of carbonyl (C=O) groups is 1. The Kier molecular flexibility index (Phi) is 5.05. The summed E-state index contributed by atoms with van der Waals surface area (Å²) >= 11 is 0. The number of hydrogen-bond acceptors (Lipinski definition) is 4. The largest absolute Gasteiger partial charge is 0.348 e. The average Bonchev–Trinajstić information content (AvgIpc) is 3.48. The lowest BCUT2D eigenvalue weighted by atomic mass is 9.90. The van der Waals surface area contributed by atoms with Crippen LogP contribution in [-0.4, -0.2) is 56.4 Å². The normalized spacial score (nSPS) is 25.9. The van der Waals surface area contributed by atoms with Crippen LogP contribution in [-0.2, 0) is 12.8 Å². The molecule has 1 N–H and O–H groups in total. The molecule has 2 aromatic rings. The summed E-state index contributed by atoms with van der Waals surface area (Å²) in [6, 6.07) is 2.34. The maximum Gasteiger partial charge on any atom is 0.270 e. The molecular formula is C22H27F2N5O. The third kappa shape index (κ3) is 3.85. The average molecular weight is 415 g/mol. The van der Waals surface area contributed by atoms with Crippen molar-refractivity contribution in [2.45, 2.75) is 69.4 Å². The highest BCUT2D eigenvalue weighted by Gasteiger charge is 2.41. The first kappa shape index (κ1) is 19.6. The van der Waals surface area contributed by atoms with E-state index in [1.165, 1.54) is 5.56 Å². The molecule has 0 bridgehead atoms. The predicted molar refractivity (Wildman–Crippen MR) is 108 cm³/mol. The molecule has 1 amide bonds. The molecule has 5 rings (SSSR count). The van der Waals surface area contributed by atoms with E-state index >= 15 is 0 Å². The zero-order valence-corrected chi connectivity index (χ0v) is 17.0. The number of nitrogens with one attached hydrogen (secondary N) is 1. The minimum atomic E-state index is -2.54.